The van der Waals surface area contributed by atoms with Gasteiger partial charge in [0.05, 0.1) is 18.7 Å². The lowest BCUT2D eigenvalue weighted by atomic mass is 9.96. The van der Waals surface area contributed by atoms with E-state index in [-0.39, 0.29) is 16.7 Å². The standard InChI is InChI=1S/C26H29F2N5O3S.C2H6/c1-13(2)14(3)36-24(29-4)16-8-9-17(23(34)31-26-33-32-25(37-26)15-6-7-15)18(10-16)19-11-20(22(27)28)30-12-21(19)35-5;1-2/h8-12,15,22,25,32H,6-7H2,1-5H3,(H,31,33,34);1-2H3. The average molecular weight is 560 g/mol. The van der Waals surface area contributed by atoms with Crippen LogP contribution in [0.25, 0.3) is 11.1 Å². The van der Waals surface area contributed by atoms with Gasteiger partial charge in [-0.15, -0.1) is 0 Å². The van der Waals surface area contributed by atoms with Crippen LogP contribution in [-0.4, -0.2) is 41.5 Å². The molecule has 39 heavy (non-hydrogen) atoms. The van der Waals surface area contributed by atoms with E-state index < -0.39 is 18.0 Å². The monoisotopic (exact) mass is 559 g/mol. The van der Waals surface area contributed by atoms with Crippen LogP contribution in [0.2, 0.25) is 0 Å². The highest BCUT2D eigenvalue weighted by atomic mass is 32.2. The number of alkyl halides is 2. The Morgan fingerprint density at radius 2 is 1.90 bits per heavy atom. The highest BCUT2D eigenvalue weighted by Crippen LogP contribution is 2.40. The minimum absolute atomic E-state index is 0.143. The number of rotatable bonds is 7. The van der Waals surface area contributed by atoms with Gasteiger partial charge in [0.1, 0.15) is 17.2 Å². The predicted molar refractivity (Wildman–Crippen MR) is 152 cm³/mol. The summed E-state index contributed by atoms with van der Waals surface area (Å²) in [7, 11) is 3.01. The number of aromatic nitrogens is 1. The first-order valence-electron chi connectivity index (χ1n) is 12.8. The van der Waals surface area contributed by atoms with Crippen molar-refractivity contribution in [2.75, 3.05) is 14.2 Å². The Morgan fingerprint density at radius 1 is 1.18 bits per heavy atom. The summed E-state index contributed by atoms with van der Waals surface area (Å²) in [5.74, 6) is 1.36. The van der Waals surface area contributed by atoms with Crippen LogP contribution in [0.15, 0.2) is 51.9 Å². The highest BCUT2D eigenvalue weighted by Gasteiger charge is 2.36. The van der Waals surface area contributed by atoms with E-state index in [1.165, 1.54) is 31.1 Å². The van der Waals surface area contributed by atoms with Crippen LogP contribution in [0.5, 0.6) is 5.75 Å². The number of methoxy groups -OCH3 is 1. The molecule has 1 saturated carbocycles. The SMILES string of the molecule is CC.CN=C(OC(C)=C(C)C)c1ccc(C(=O)NC2=NNC(C3CC3)S2)c(-c2cc(C(F)F)ncc2OC)c1. The number of amidine groups is 1. The van der Waals surface area contributed by atoms with Crippen molar-refractivity contribution >= 4 is 28.7 Å². The predicted octanol–water partition coefficient (Wildman–Crippen LogP) is 6.50. The summed E-state index contributed by atoms with van der Waals surface area (Å²) in [6, 6.07) is 6.23. The Balaban J connectivity index is 0.00000205. The van der Waals surface area contributed by atoms with Gasteiger partial charge in [0, 0.05) is 23.7 Å². The quantitative estimate of drug-likeness (QED) is 0.228. The zero-order chi connectivity index (χ0) is 28.7. The van der Waals surface area contributed by atoms with Gasteiger partial charge in [-0.05, 0) is 74.9 Å². The second kappa shape index (κ2) is 13.5. The van der Waals surface area contributed by atoms with Crippen molar-refractivity contribution in [3.05, 3.63) is 58.6 Å². The molecule has 2 heterocycles. The third-order valence-corrected chi connectivity index (χ3v) is 7.25. The molecule has 1 aromatic carbocycles. The van der Waals surface area contributed by atoms with E-state index in [1.807, 2.05) is 34.6 Å². The van der Waals surface area contributed by atoms with Crippen LogP contribution in [-0.2, 0) is 4.74 Å². The number of pyridine rings is 1. The van der Waals surface area contributed by atoms with Crippen molar-refractivity contribution in [1.82, 2.24) is 15.7 Å². The summed E-state index contributed by atoms with van der Waals surface area (Å²) in [6.45, 7) is 9.66. The fourth-order valence-corrected chi connectivity index (χ4v) is 4.72. The number of carbonyl (C=O) groups excluding carboxylic acids is 1. The first-order valence-corrected chi connectivity index (χ1v) is 13.7. The molecule has 2 aromatic rings. The van der Waals surface area contributed by atoms with Crippen LogP contribution in [0, 0.1) is 5.92 Å². The molecule has 1 fully saturated rings. The average Bonchev–Trinajstić information content (AvgIpc) is 3.70. The smallest absolute Gasteiger partial charge is 0.280 e. The summed E-state index contributed by atoms with van der Waals surface area (Å²) >= 11 is 1.47. The number of allylic oxidation sites excluding steroid dienone is 2. The number of nitrogens with one attached hydrogen (secondary N) is 2. The van der Waals surface area contributed by atoms with Crippen molar-refractivity contribution in [2.24, 2.45) is 16.0 Å². The summed E-state index contributed by atoms with van der Waals surface area (Å²) in [5.41, 5.74) is 5.08. The van der Waals surface area contributed by atoms with E-state index >= 15 is 0 Å². The Kier molecular flexibility index (Phi) is 10.4. The van der Waals surface area contributed by atoms with Gasteiger partial charge in [0.2, 0.25) is 5.90 Å². The number of hydrazone groups is 1. The summed E-state index contributed by atoms with van der Waals surface area (Å²) in [6.07, 6.45) is 0.704. The third kappa shape index (κ3) is 7.35. The van der Waals surface area contributed by atoms with Gasteiger partial charge < -0.3 is 9.47 Å². The molecular weight excluding hydrogens is 524 g/mol. The molecule has 0 radical (unpaired) electrons. The molecule has 1 amide bonds. The van der Waals surface area contributed by atoms with E-state index in [2.05, 4.69) is 25.8 Å². The van der Waals surface area contributed by atoms with E-state index in [4.69, 9.17) is 9.47 Å². The molecule has 0 bridgehead atoms. The van der Waals surface area contributed by atoms with Crippen molar-refractivity contribution in [3.63, 3.8) is 0 Å². The van der Waals surface area contributed by atoms with Crippen molar-refractivity contribution in [3.8, 4) is 16.9 Å². The lowest BCUT2D eigenvalue weighted by Crippen LogP contribution is -2.28. The van der Waals surface area contributed by atoms with E-state index in [0.717, 1.165) is 18.4 Å². The number of nitrogens with zero attached hydrogens (tertiary/aromatic N) is 3. The number of hydrogen-bond acceptors (Lipinski definition) is 8. The maximum absolute atomic E-state index is 13.6. The maximum Gasteiger partial charge on any atom is 0.280 e. The number of aliphatic imine (C=N–C) groups is 1. The molecule has 210 valence electrons. The summed E-state index contributed by atoms with van der Waals surface area (Å²) < 4.78 is 38.5. The Labute approximate surface area is 232 Å². The van der Waals surface area contributed by atoms with Crippen LogP contribution in [0.1, 0.15) is 75.5 Å². The van der Waals surface area contributed by atoms with Gasteiger partial charge in [0.15, 0.2) is 5.17 Å². The van der Waals surface area contributed by atoms with Crippen molar-refractivity contribution in [1.29, 1.82) is 0 Å². The van der Waals surface area contributed by atoms with Gasteiger partial charge in [0.25, 0.3) is 12.3 Å². The molecule has 4 rings (SSSR count). The topological polar surface area (TPSA) is 97.2 Å². The molecule has 1 aliphatic carbocycles. The molecule has 2 aliphatic rings. The normalized spacial score (nSPS) is 16.5. The van der Waals surface area contributed by atoms with Gasteiger partial charge in [-0.3, -0.25) is 25.5 Å². The second-order valence-corrected chi connectivity index (χ2v) is 10.1. The number of thioether (sulfide) groups is 1. The Bertz CT molecular complexity index is 1290. The van der Waals surface area contributed by atoms with Crippen LogP contribution < -0.4 is 15.5 Å². The lowest BCUT2D eigenvalue weighted by molar-refractivity contribution is 0.0978. The zero-order valence-corrected chi connectivity index (χ0v) is 24.1. The van der Waals surface area contributed by atoms with E-state index in [9.17, 15) is 13.6 Å². The molecular formula is C28H35F2N5O3S. The number of ether oxygens (including phenoxy) is 2. The van der Waals surface area contributed by atoms with Crippen LogP contribution in [0.3, 0.4) is 0 Å². The number of halogens is 2. The van der Waals surface area contributed by atoms with Gasteiger partial charge in [-0.1, -0.05) is 25.6 Å². The molecule has 1 unspecified atom stereocenters. The minimum Gasteiger partial charge on any atom is -0.494 e. The van der Waals surface area contributed by atoms with Crippen LogP contribution in [0.4, 0.5) is 8.78 Å². The van der Waals surface area contributed by atoms with E-state index in [0.29, 0.717) is 39.4 Å². The van der Waals surface area contributed by atoms with Crippen molar-refractivity contribution < 1.29 is 23.0 Å². The fourth-order valence-electron chi connectivity index (χ4n) is 3.65. The van der Waals surface area contributed by atoms with E-state index in [1.54, 1.807) is 25.2 Å². The number of benzene rings is 1. The molecule has 1 atom stereocenters. The van der Waals surface area contributed by atoms with Crippen molar-refractivity contribution in [2.45, 2.75) is 59.3 Å². The van der Waals surface area contributed by atoms with Crippen LogP contribution >= 0.6 is 11.8 Å². The van der Waals surface area contributed by atoms with Gasteiger partial charge >= 0.3 is 0 Å². The minimum atomic E-state index is -2.80. The molecule has 11 heteroatoms. The Hall–Kier alpha value is -3.47. The first-order chi connectivity index (χ1) is 18.7. The summed E-state index contributed by atoms with van der Waals surface area (Å²) in [5, 5.41) is 7.69. The highest BCUT2D eigenvalue weighted by molar-refractivity contribution is 8.14. The fraction of sp³-hybridized carbons (Fsp3) is 0.429. The first kappa shape index (κ1) is 30.1. The molecule has 0 spiro atoms. The van der Waals surface area contributed by atoms with Gasteiger partial charge in [-0.2, -0.15) is 5.10 Å². The maximum atomic E-state index is 13.6. The third-order valence-electron chi connectivity index (χ3n) is 6.09. The largest absolute Gasteiger partial charge is 0.494 e. The second-order valence-electron chi connectivity index (χ2n) is 8.93. The van der Waals surface area contributed by atoms with Gasteiger partial charge in [-0.25, -0.2) is 8.78 Å². The molecule has 1 aliphatic heterocycles. The summed E-state index contributed by atoms with van der Waals surface area (Å²) in [4.78, 5) is 21.5. The molecule has 0 saturated heterocycles. The lowest BCUT2D eigenvalue weighted by Gasteiger charge is -2.17. The number of hydrogen-bond donors (Lipinski definition) is 2. The number of carbonyl (C=O) groups is 1. The molecule has 8 nitrogen and oxygen atoms in total. The Morgan fingerprint density at radius 3 is 2.49 bits per heavy atom. The number of amides is 1. The zero-order valence-electron chi connectivity index (χ0n) is 23.3. The molecule has 1 aromatic heterocycles. The molecule has 2 N–H and O–H groups in total.